The van der Waals surface area contributed by atoms with Gasteiger partial charge >= 0.3 is 6.03 Å². The van der Waals surface area contributed by atoms with Gasteiger partial charge < -0.3 is 19.9 Å². The number of nitrogens with one attached hydrogen (secondary N) is 1. The number of hydrogen-bond acceptors (Lipinski definition) is 6. The van der Waals surface area contributed by atoms with E-state index in [1.807, 2.05) is 6.92 Å². The summed E-state index contributed by atoms with van der Waals surface area (Å²) >= 11 is 0. The minimum atomic E-state index is -1.19. The van der Waals surface area contributed by atoms with Crippen molar-refractivity contribution in [3.05, 3.63) is 59.7 Å². The van der Waals surface area contributed by atoms with Crippen molar-refractivity contribution in [3.63, 3.8) is 0 Å². The molecule has 2 unspecified atom stereocenters. The number of rotatable bonds is 10. The molecule has 32 heavy (non-hydrogen) atoms. The van der Waals surface area contributed by atoms with Crippen LogP contribution in [0.3, 0.4) is 0 Å². The maximum Gasteiger partial charge on any atom is 0.325 e. The third kappa shape index (κ3) is 4.60. The monoisotopic (exact) mass is 440 g/mol. The van der Waals surface area contributed by atoms with Crippen molar-refractivity contribution >= 4 is 17.7 Å². The van der Waals surface area contributed by atoms with E-state index in [1.54, 1.807) is 62.6 Å². The van der Waals surface area contributed by atoms with E-state index in [-0.39, 0.29) is 18.9 Å². The maximum absolute atomic E-state index is 13.2. The van der Waals surface area contributed by atoms with E-state index in [0.717, 1.165) is 4.90 Å². The molecule has 0 aromatic heterocycles. The quantitative estimate of drug-likeness (QED) is 0.435. The molecule has 2 aromatic carbocycles. The summed E-state index contributed by atoms with van der Waals surface area (Å²) in [5.41, 5.74) is 0.0502. The van der Waals surface area contributed by atoms with Gasteiger partial charge in [-0.15, -0.1) is 0 Å². The van der Waals surface area contributed by atoms with Crippen LogP contribution in [0.5, 0.6) is 11.5 Å². The number of methoxy groups -OCH3 is 1. The van der Waals surface area contributed by atoms with Crippen molar-refractivity contribution in [3.8, 4) is 11.5 Å². The number of urea groups is 1. The van der Waals surface area contributed by atoms with Crippen molar-refractivity contribution in [1.82, 2.24) is 10.2 Å². The summed E-state index contributed by atoms with van der Waals surface area (Å²) in [6.07, 6.45) is -0.304. The lowest BCUT2D eigenvalue weighted by atomic mass is 9.87. The molecule has 1 aliphatic rings. The van der Waals surface area contributed by atoms with Gasteiger partial charge in [0.25, 0.3) is 5.91 Å². The summed E-state index contributed by atoms with van der Waals surface area (Å²) in [6.45, 7) is 3.30. The van der Waals surface area contributed by atoms with Crippen LogP contribution in [0.4, 0.5) is 4.79 Å². The smallest absolute Gasteiger partial charge is 0.325 e. The lowest BCUT2D eigenvalue weighted by molar-refractivity contribution is -0.132. The van der Waals surface area contributed by atoms with E-state index in [0.29, 0.717) is 35.5 Å². The molecule has 1 fully saturated rings. The summed E-state index contributed by atoms with van der Waals surface area (Å²) in [5.74, 6) is 0.742. The van der Waals surface area contributed by atoms with E-state index >= 15 is 0 Å². The first-order valence-corrected chi connectivity index (χ1v) is 10.6. The highest BCUT2D eigenvalue weighted by Crippen LogP contribution is 2.33. The van der Waals surface area contributed by atoms with Gasteiger partial charge in [-0.1, -0.05) is 26.0 Å². The van der Waals surface area contributed by atoms with Crippen LogP contribution >= 0.6 is 0 Å². The summed E-state index contributed by atoms with van der Waals surface area (Å²) in [7, 11) is 1.55. The van der Waals surface area contributed by atoms with Gasteiger partial charge in [0.05, 0.1) is 13.7 Å². The predicted octanol–water partition coefficient (Wildman–Crippen LogP) is 2.88. The van der Waals surface area contributed by atoms with Gasteiger partial charge in [0, 0.05) is 12.0 Å². The Morgan fingerprint density at radius 2 is 1.69 bits per heavy atom. The first kappa shape index (κ1) is 23.3. The van der Waals surface area contributed by atoms with Crippen LogP contribution in [0.2, 0.25) is 0 Å². The van der Waals surface area contributed by atoms with E-state index in [9.17, 15) is 19.5 Å². The third-order valence-electron chi connectivity index (χ3n) is 5.62. The highest BCUT2D eigenvalue weighted by molar-refractivity contribution is 6.07. The number of ether oxygens (including phenoxy) is 2. The molecule has 1 heterocycles. The van der Waals surface area contributed by atoms with Crippen LogP contribution in [-0.2, 0) is 10.3 Å². The Balaban J connectivity index is 1.64. The van der Waals surface area contributed by atoms with Gasteiger partial charge in [0.1, 0.15) is 29.7 Å². The molecule has 8 heteroatoms. The molecule has 2 aromatic rings. The average molecular weight is 440 g/mol. The highest BCUT2D eigenvalue weighted by Gasteiger charge is 2.51. The fourth-order valence-corrected chi connectivity index (χ4v) is 3.70. The second kappa shape index (κ2) is 9.82. The summed E-state index contributed by atoms with van der Waals surface area (Å²) < 4.78 is 10.7. The van der Waals surface area contributed by atoms with Crippen LogP contribution in [0.25, 0.3) is 0 Å². The Labute approximate surface area is 187 Å². The van der Waals surface area contributed by atoms with Crippen molar-refractivity contribution in [2.75, 3.05) is 20.3 Å². The Hall–Kier alpha value is -3.39. The van der Waals surface area contributed by atoms with Crippen molar-refractivity contribution in [2.24, 2.45) is 0 Å². The molecule has 2 atom stereocenters. The Bertz CT molecular complexity index is 973. The topological polar surface area (TPSA) is 105 Å². The van der Waals surface area contributed by atoms with Crippen molar-refractivity contribution < 1.29 is 29.0 Å². The van der Waals surface area contributed by atoms with Gasteiger partial charge in [-0.3, -0.25) is 14.5 Å². The third-order valence-corrected chi connectivity index (χ3v) is 5.62. The van der Waals surface area contributed by atoms with Crippen molar-refractivity contribution in [2.45, 2.75) is 38.3 Å². The van der Waals surface area contributed by atoms with E-state index in [1.165, 1.54) is 0 Å². The number of β-amino-alcohol motifs (C(OH)–C–C–N with tert-alkyl or cyclic N) is 1. The summed E-state index contributed by atoms with van der Waals surface area (Å²) in [5, 5.41) is 13.2. The number of ketones is 1. The number of aliphatic hydroxyl groups is 1. The molecule has 0 spiro atoms. The maximum atomic E-state index is 13.2. The van der Waals surface area contributed by atoms with E-state index in [2.05, 4.69) is 5.32 Å². The molecule has 0 aliphatic carbocycles. The SMILES string of the molecule is CCC(=O)c1ccc(OCC(O)CN2C(=O)NC(CC)(c3ccc(OC)cc3)C2=O)cc1. The number of carbonyl (C=O) groups is 3. The summed E-state index contributed by atoms with van der Waals surface area (Å²) in [4.78, 5) is 38.5. The van der Waals surface area contributed by atoms with Gasteiger partial charge in [-0.2, -0.15) is 0 Å². The van der Waals surface area contributed by atoms with Crippen LogP contribution in [0, 0.1) is 0 Å². The zero-order valence-corrected chi connectivity index (χ0v) is 18.5. The minimum Gasteiger partial charge on any atom is -0.497 e. The van der Waals surface area contributed by atoms with Crippen LogP contribution < -0.4 is 14.8 Å². The molecule has 3 amide bonds. The standard InChI is InChI=1S/C24H28N2O6/c1-4-21(28)16-6-10-20(11-7-16)32-15-18(27)14-26-22(29)24(5-2,25-23(26)30)17-8-12-19(31-3)13-9-17/h6-13,18,27H,4-5,14-15H2,1-3H3,(H,25,30). The predicted molar refractivity (Wildman–Crippen MR) is 118 cm³/mol. The Kier molecular flexibility index (Phi) is 7.15. The van der Waals surface area contributed by atoms with Crippen molar-refractivity contribution in [1.29, 1.82) is 0 Å². The second-order valence-corrected chi connectivity index (χ2v) is 7.60. The fourth-order valence-electron chi connectivity index (χ4n) is 3.70. The molecule has 1 saturated heterocycles. The van der Waals surface area contributed by atoms with Crippen LogP contribution in [0.1, 0.15) is 42.6 Å². The van der Waals surface area contributed by atoms with Gasteiger partial charge in [0.15, 0.2) is 5.78 Å². The van der Waals surface area contributed by atoms with Gasteiger partial charge in [0.2, 0.25) is 0 Å². The molecule has 3 rings (SSSR count). The number of Topliss-reactive ketones (excluding diaryl/α,β-unsaturated/α-hetero) is 1. The molecule has 2 N–H and O–H groups in total. The molecule has 170 valence electrons. The summed E-state index contributed by atoms with van der Waals surface area (Å²) in [6, 6.07) is 13.0. The number of benzene rings is 2. The van der Waals surface area contributed by atoms with Crippen LogP contribution in [0.15, 0.2) is 48.5 Å². The second-order valence-electron chi connectivity index (χ2n) is 7.60. The van der Waals surface area contributed by atoms with E-state index in [4.69, 9.17) is 9.47 Å². The Morgan fingerprint density at radius 1 is 1.06 bits per heavy atom. The zero-order valence-electron chi connectivity index (χ0n) is 18.5. The van der Waals surface area contributed by atoms with E-state index < -0.39 is 23.6 Å². The normalized spacial score (nSPS) is 18.9. The minimum absolute atomic E-state index is 0.0337. The number of imide groups is 1. The lowest BCUT2D eigenvalue weighted by Crippen LogP contribution is -2.44. The number of carbonyl (C=O) groups excluding carboxylic acids is 3. The first-order chi connectivity index (χ1) is 15.3. The van der Waals surface area contributed by atoms with Gasteiger partial charge in [-0.05, 0) is 48.4 Å². The molecule has 0 radical (unpaired) electrons. The average Bonchev–Trinajstić information content (AvgIpc) is 3.07. The molecule has 0 saturated carbocycles. The molecular formula is C24H28N2O6. The molecule has 8 nitrogen and oxygen atoms in total. The number of aliphatic hydroxyl groups excluding tert-OH is 1. The van der Waals surface area contributed by atoms with Gasteiger partial charge in [-0.25, -0.2) is 4.79 Å². The highest BCUT2D eigenvalue weighted by atomic mass is 16.5. The fraction of sp³-hybridized carbons (Fsp3) is 0.375. The molecule has 1 aliphatic heterocycles. The molecular weight excluding hydrogens is 412 g/mol. The lowest BCUT2D eigenvalue weighted by Gasteiger charge is -2.26. The van der Waals surface area contributed by atoms with Crippen LogP contribution in [-0.4, -0.2) is 54.1 Å². The number of hydrogen-bond donors (Lipinski definition) is 2. The Morgan fingerprint density at radius 3 is 2.25 bits per heavy atom. The first-order valence-electron chi connectivity index (χ1n) is 10.6. The zero-order chi connectivity index (χ0) is 23.3. The number of nitrogens with zero attached hydrogens (tertiary/aromatic N) is 1. The number of amides is 3. The molecule has 0 bridgehead atoms. The largest absolute Gasteiger partial charge is 0.497 e.